The normalized spacial score (nSPS) is 14.1. The van der Waals surface area contributed by atoms with Crippen LogP contribution in [-0.4, -0.2) is 64.5 Å². The Bertz CT molecular complexity index is 702. The summed E-state index contributed by atoms with van der Waals surface area (Å²) in [6, 6.07) is 6.32. The molecule has 27 heavy (non-hydrogen) atoms. The number of aryl methyl sites for hydroxylation is 1. The molecule has 1 N–H and O–H groups in total. The highest BCUT2D eigenvalue weighted by Gasteiger charge is 2.18. The number of hydrazone groups is 1. The van der Waals surface area contributed by atoms with Crippen molar-refractivity contribution in [3.8, 4) is 0 Å². The van der Waals surface area contributed by atoms with Crippen molar-refractivity contribution >= 4 is 23.1 Å². The number of carbonyl (C=O) groups excluding carboxylic acids is 1. The molecule has 1 aromatic carbocycles. The maximum Gasteiger partial charge on any atom is 0.356 e. The van der Waals surface area contributed by atoms with Crippen molar-refractivity contribution in [3.05, 3.63) is 36.2 Å². The van der Waals surface area contributed by atoms with Gasteiger partial charge in [-0.1, -0.05) is 0 Å². The van der Waals surface area contributed by atoms with E-state index in [2.05, 4.69) is 34.5 Å². The molecule has 0 aromatic heterocycles. The van der Waals surface area contributed by atoms with Crippen LogP contribution in [0.3, 0.4) is 0 Å². The minimum absolute atomic E-state index is 0.322. The molecule has 0 unspecified atom stereocenters. The van der Waals surface area contributed by atoms with Gasteiger partial charge >= 0.3 is 5.97 Å². The number of ether oxygens (including phenoxy) is 1. The molecule has 1 aliphatic rings. The summed E-state index contributed by atoms with van der Waals surface area (Å²) in [4.78, 5) is 16.5. The Morgan fingerprint density at radius 2 is 2.19 bits per heavy atom. The molecule has 7 heteroatoms. The van der Waals surface area contributed by atoms with E-state index in [1.54, 1.807) is 18.1 Å². The molecule has 1 aliphatic heterocycles. The van der Waals surface area contributed by atoms with Gasteiger partial charge in [0, 0.05) is 52.8 Å². The van der Waals surface area contributed by atoms with E-state index >= 15 is 0 Å². The zero-order valence-corrected chi connectivity index (χ0v) is 17.0. The number of hydrogen-bond acceptors (Lipinski definition) is 7. The minimum Gasteiger partial charge on any atom is -0.461 e. The maximum absolute atomic E-state index is 12.3. The standard InChI is InChI=1S/C20H31N5O2/c1-6-27-20(26)18(15-23(3)13-11-21-2)22-25(5)17-9-10-19-16(14-17)8-7-12-24(19)4/h9-11,13-14,21H,6-8,12,15H2,1-5H3/b13-11-,22-18-. The summed E-state index contributed by atoms with van der Waals surface area (Å²) in [7, 11) is 7.69. The number of benzene rings is 1. The number of nitrogens with one attached hydrogen (secondary N) is 1. The number of fused-ring (bicyclic) bond motifs is 1. The quantitative estimate of drug-likeness (QED) is 0.428. The van der Waals surface area contributed by atoms with Crippen molar-refractivity contribution in [2.45, 2.75) is 19.8 Å². The molecule has 0 saturated heterocycles. The van der Waals surface area contributed by atoms with E-state index in [4.69, 9.17) is 4.74 Å². The van der Waals surface area contributed by atoms with E-state index in [1.165, 1.54) is 11.3 Å². The van der Waals surface area contributed by atoms with Crippen LogP contribution in [0.2, 0.25) is 0 Å². The molecule has 1 aromatic rings. The maximum atomic E-state index is 12.3. The number of anilines is 2. The molecule has 2 rings (SSSR count). The fraction of sp³-hybridized carbons (Fsp3) is 0.500. The van der Waals surface area contributed by atoms with Crippen molar-refractivity contribution in [2.24, 2.45) is 5.10 Å². The summed E-state index contributed by atoms with van der Waals surface area (Å²) < 4.78 is 5.18. The molecule has 0 atom stereocenters. The van der Waals surface area contributed by atoms with Gasteiger partial charge in [-0.05, 0) is 43.5 Å². The Labute approximate surface area is 162 Å². The molecule has 0 bridgehead atoms. The third-order valence-corrected chi connectivity index (χ3v) is 4.46. The first-order valence-electron chi connectivity index (χ1n) is 9.32. The third kappa shape index (κ3) is 5.64. The van der Waals surface area contributed by atoms with E-state index in [0.717, 1.165) is 25.1 Å². The Balaban J connectivity index is 2.23. The smallest absolute Gasteiger partial charge is 0.356 e. The molecule has 0 aliphatic carbocycles. The van der Waals surface area contributed by atoms with Gasteiger partial charge in [0.25, 0.3) is 0 Å². The summed E-state index contributed by atoms with van der Waals surface area (Å²) >= 11 is 0. The van der Waals surface area contributed by atoms with E-state index in [9.17, 15) is 4.79 Å². The molecule has 0 saturated carbocycles. The van der Waals surface area contributed by atoms with Gasteiger partial charge in [0.2, 0.25) is 0 Å². The number of esters is 1. The number of nitrogens with zero attached hydrogens (tertiary/aromatic N) is 4. The van der Waals surface area contributed by atoms with Crippen LogP contribution in [0.1, 0.15) is 18.9 Å². The number of carbonyl (C=O) groups is 1. The highest BCUT2D eigenvalue weighted by Crippen LogP contribution is 2.29. The van der Waals surface area contributed by atoms with Crippen LogP contribution in [-0.2, 0) is 16.0 Å². The number of rotatable bonds is 8. The number of hydrogen-bond donors (Lipinski definition) is 1. The second-order valence-corrected chi connectivity index (χ2v) is 6.65. The van der Waals surface area contributed by atoms with Gasteiger partial charge in [-0.25, -0.2) is 4.79 Å². The average Bonchev–Trinajstić information content (AvgIpc) is 2.65. The van der Waals surface area contributed by atoms with Crippen molar-refractivity contribution < 1.29 is 9.53 Å². The molecular formula is C20H31N5O2. The summed E-state index contributed by atoms with van der Waals surface area (Å²) in [6.07, 6.45) is 5.86. The zero-order chi connectivity index (χ0) is 19.8. The van der Waals surface area contributed by atoms with E-state index < -0.39 is 5.97 Å². The van der Waals surface area contributed by atoms with Crippen molar-refractivity contribution in [1.29, 1.82) is 0 Å². The van der Waals surface area contributed by atoms with Gasteiger partial charge in [0.15, 0.2) is 5.71 Å². The van der Waals surface area contributed by atoms with E-state index in [-0.39, 0.29) is 0 Å². The topological polar surface area (TPSA) is 60.4 Å². The lowest BCUT2D eigenvalue weighted by molar-refractivity contribution is -0.135. The Morgan fingerprint density at radius 3 is 2.89 bits per heavy atom. The molecule has 1 heterocycles. The van der Waals surface area contributed by atoms with Gasteiger partial charge in [-0.3, -0.25) is 5.01 Å². The van der Waals surface area contributed by atoms with Crippen molar-refractivity contribution in [2.75, 3.05) is 57.8 Å². The molecule has 0 fully saturated rings. The Morgan fingerprint density at radius 1 is 1.41 bits per heavy atom. The first-order chi connectivity index (χ1) is 13.0. The van der Waals surface area contributed by atoms with Gasteiger partial charge < -0.3 is 19.9 Å². The molecule has 0 amide bonds. The lowest BCUT2D eigenvalue weighted by atomic mass is 10.0. The fourth-order valence-corrected chi connectivity index (χ4v) is 3.05. The predicted octanol–water partition coefficient (Wildman–Crippen LogP) is 2.05. The summed E-state index contributed by atoms with van der Waals surface area (Å²) in [5.74, 6) is -0.397. The van der Waals surface area contributed by atoms with Crippen molar-refractivity contribution in [3.63, 3.8) is 0 Å². The second kappa shape index (κ2) is 9.85. The second-order valence-electron chi connectivity index (χ2n) is 6.65. The average molecular weight is 374 g/mol. The van der Waals surface area contributed by atoms with E-state index in [1.807, 2.05) is 38.3 Å². The van der Waals surface area contributed by atoms with Crippen molar-refractivity contribution in [1.82, 2.24) is 10.2 Å². The third-order valence-electron chi connectivity index (χ3n) is 4.46. The van der Waals surface area contributed by atoms with Crippen LogP contribution in [0.25, 0.3) is 0 Å². The summed E-state index contributed by atoms with van der Waals surface area (Å²) in [6.45, 7) is 3.56. The first kappa shape index (κ1) is 20.6. The molecule has 0 spiro atoms. The van der Waals surface area contributed by atoms with Gasteiger partial charge in [0.05, 0.1) is 18.8 Å². The highest BCUT2D eigenvalue weighted by atomic mass is 16.5. The van der Waals surface area contributed by atoms with Crippen LogP contribution < -0.4 is 15.2 Å². The monoisotopic (exact) mass is 373 g/mol. The fourth-order valence-electron chi connectivity index (χ4n) is 3.05. The zero-order valence-electron chi connectivity index (χ0n) is 17.0. The Hall–Kier alpha value is -2.70. The molecular weight excluding hydrogens is 342 g/mol. The van der Waals surface area contributed by atoms with Crippen LogP contribution in [0.15, 0.2) is 35.7 Å². The first-order valence-corrected chi connectivity index (χ1v) is 9.32. The SMILES string of the molecule is CCOC(=O)/C(CN(C)/C=C\NC)=N\N(C)c1ccc2c(c1)CCCN2C. The highest BCUT2D eigenvalue weighted by molar-refractivity contribution is 6.37. The molecule has 148 valence electrons. The lowest BCUT2D eigenvalue weighted by Crippen LogP contribution is -2.32. The largest absolute Gasteiger partial charge is 0.461 e. The summed E-state index contributed by atoms with van der Waals surface area (Å²) in [5.41, 5.74) is 3.90. The van der Waals surface area contributed by atoms with E-state index in [0.29, 0.717) is 18.9 Å². The van der Waals surface area contributed by atoms with Gasteiger partial charge in [-0.15, -0.1) is 0 Å². The predicted molar refractivity (Wildman–Crippen MR) is 111 cm³/mol. The minimum atomic E-state index is -0.397. The Kier molecular flexibility index (Phi) is 7.52. The van der Waals surface area contributed by atoms with Crippen LogP contribution >= 0.6 is 0 Å². The van der Waals surface area contributed by atoms with Gasteiger partial charge in [0.1, 0.15) is 0 Å². The van der Waals surface area contributed by atoms with Gasteiger partial charge in [-0.2, -0.15) is 5.10 Å². The molecule has 0 radical (unpaired) electrons. The lowest BCUT2D eigenvalue weighted by Gasteiger charge is -2.28. The van der Waals surface area contributed by atoms with Crippen LogP contribution in [0.5, 0.6) is 0 Å². The van der Waals surface area contributed by atoms with Crippen LogP contribution in [0.4, 0.5) is 11.4 Å². The molecule has 7 nitrogen and oxygen atoms in total. The summed E-state index contributed by atoms with van der Waals surface area (Å²) in [5, 5.41) is 9.23. The van der Waals surface area contributed by atoms with Crippen LogP contribution in [0, 0.1) is 0 Å².